The zero-order valence-electron chi connectivity index (χ0n) is 13.5. The first-order chi connectivity index (χ1) is 10.1. The van der Waals surface area contributed by atoms with Crippen LogP contribution in [0.4, 0.5) is 0 Å². The van der Waals surface area contributed by atoms with E-state index in [1.54, 1.807) is 6.08 Å². The highest BCUT2D eigenvalue weighted by atomic mass is 16.5. The molecule has 0 aromatic heterocycles. The second kappa shape index (κ2) is 8.54. The Morgan fingerprint density at radius 1 is 1.24 bits per heavy atom. The summed E-state index contributed by atoms with van der Waals surface area (Å²) in [5, 5.41) is 3.15. The zero-order chi connectivity index (χ0) is 15.1. The van der Waals surface area contributed by atoms with E-state index in [1.165, 1.54) is 12.8 Å². The molecule has 2 fully saturated rings. The molecule has 2 rings (SSSR count). The Labute approximate surface area is 128 Å². The van der Waals surface area contributed by atoms with Crippen LogP contribution < -0.4 is 5.32 Å². The van der Waals surface area contributed by atoms with Crippen LogP contribution in [0.2, 0.25) is 0 Å². The third-order valence-electron chi connectivity index (χ3n) is 4.80. The van der Waals surface area contributed by atoms with Gasteiger partial charge in [-0.15, -0.1) is 0 Å². The Kier molecular flexibility index (Phi) is 6.71. The Bertz CT molecular complexity index is 341. The van der Waals surface area contributed by atoms with Crippen LogP contribution >= 0.6 is 0 Å². The number of hydrogen-bond donors (Lipinski definition) is 1. The van der Waals surface area contributed by atoms with E-state index in [9.17, 15) is 4.79 Å². The molecule has 1 saturated carbocycles. The number of rotatable bonds is 5. The van der Waals surface area contributed by atoms with E-state index >= 15 is 0 Å². The highest BCUT2D eigenvalue weighted by Crippen LogP contribution is 2.29. The van der Waals surface area contributed by atoms with E-state index in [2.05, 4.69) is 24.1 Å². The van der Waals surface area contributed by atoms with Crippen LogP contribution in [-0.4, -0.2) is 49.7 Å². The molecule has 1 aliphatic carbocycles. The molecule has 0 radical (unpaired) electrons. The first kappa shape index (κ1) is 16.5. The minimum atomic E-state index is 0.0660. The molecular formula is C17H30N2O2. The molecule has 1 N–H and O–H groups in total. The molecule has 0 spiro atoms. The van der Waals surface area contributed by atoms with Crippen LogP contribution in [-0.2, 0) is 9.53 Å². The first-order valence-corrected chi connectivity index (χ1v) is 8.42. The molecule has 0 unspecified atom stereocenters. The third-order valence-corrected chi connectivity index (χ3v) is 4.80. The third kappa shape index (κ3) is 5.79. The lowest BCUT2D eigenvalue weighted by Crippen LogP contribution is -2.38. The highest BCUT2D eigenvalue weighted by molar-refractivity contribution is 5.87. The van der Waals surface area contributed by atoms with Gasteiger partial charge in [-0.1, -0.05) is 19.9 Å². The summed E-state index contributed by atoms with van der Waals surface area (Å²) in [6.45, 7) is 8.99. The fourth-order valence-electron chi connectivity index (χ4n) is 3.27. The lowest BCUT2D eigenvalue weighted by molar-refractivity contribution is -0.117. The second-order valence-electron chi connectivity index (χ2n) is 6.68. The molecule has 1 heterocycles. The van der Waals surface area contributed by atoms with Crippen molar-refractivity contribution in [2.24, 2.45) is 11.8 Å². The van der Waals surface area contributed by atoms with Gasteiger partial charge in [0.2, 0.25) is 5.91 Å². The summed E-state index contributed by atoms with van der Waals surface area (Å²) in [5.41, 5.74) is 0. The molecule has 0 aromatic carbocycles. The molecule has 2 aliphatic rings. The van der Waals surface area contributed by atoms with Crippen LogP contribution in [0.5, 0.6) is 0 Å². The van der Waals surface area contributed by atoms with E-state index in [4.69, 9.17) is 4.74 Å². The standard InChI is InChI=1S/C17H30N2O2/c1-14(2)15-5-7-16(8-6-15)18-17(20)4-3-9-19-10-12-21-13-11-19/h3-4,14-16H,5-13H2,1-2H3,(H,18,20)/b4-3+. The summed E-state index contributed by atoms with van der Waals surface area (Å²) < 4.78 is 5.31. The van der Waals surface area contributed by atoms with Crippen molar-refractivity contribution < 1.29 is 9.53 Å². The predicted octanol–water partition coefficient (Wildman–Crippen LogP) is 2.21. The van der Waals surface area contributed by atoms with E-state index in [1.807, 2.05) is 6.08 Å². The normalized spacial score (nSPS) is 28.1. The van der Waals surface area contributed by atoms with E-state index in [-0.39, 0.29) is 5.91 Å². The fraction of sp³-hybridized carbons (Fsp3) is 0.824. The van der Waals surface area contributed by atoms with E-state index < -0.39 is 0 Å². The summed E-state index contributed by atoms with van der Waals surface area (Å²) >= 11 is 0. The maximum atomic E-state index is 11.9. The van der Waals surface area contributed by atoms with Gasteiger partial charge in [0.25, 0.3) is 0 Å². The van der Waals surface area contributed by atoms with Crippen molar-refractivity contribution in [2.75, 3.05) is 32.8 Å². The fourth-order valence-corrected chi connectivity index (χ4v) is 3.27. The van der Waals surface area contributed by atoms with Crippen molar-refractivity contribution in [3.63, 3.8) is 0 Å². The SMILES string of the molecule is CC(C)C1CCC(NC(=O)/C=C/CN2CCOCC2)CC1. The molecule has 0 bridgehead atoms. The number of carbonyl (C=O) groups excluding carboxylic acids is 1. The number of morpholine rings is 1. The van der Waals surface area contributed by atoms with Gasteiger partial charge in [0.05, 0.1) is 13.2 Å². The summed E-state index contributed by atoms with van der Waals surface area (Å²) in [6, 6.07) is 0.375. The predicted molar refractivity (Wildman–Crippen MR) is 85.1 cm³/mol. The zero-order valence-corrected chi connectivity index (χ0v) is 13.5. The maximum Gasteiger partial charge on any atom is 0.243 e. The topological polar surface area (TPSA) is 41.6 Å². The average molecular weight is 294 g/mol. The lowest BCUT2D eigenvalue weighted by Gasteiger charge is -2.31. The molecule has 1 aliphatic heterocycles. The monoisotopic (exact) mass is 294 g/mol. The van der Waals surface area contributed by atoms with Crippen LogP contribution in [0, 0.1) is 11.8 Å². The molecule has 120 valence electrons. The largest absolute Gasteiger partial charge is 0.379 e. The van der Waals surface area contributed by atoms with Crippen LogP contribution in [0.15, 0.2) is 12.2 Å². The van der Waals surface area contributed by atoms with Crippen molar-refractivity contribution in [3.8, 4) is 0 Å². The van der Waals surface area contributed by atoms with Crippen molar-refractivity contribution in [2.45, 2.75) is 45.6 Å². The molecule has 1 amide bonds. The van der Waals surface area contributed by atoms with Crippen LogP contribution in [0.25, 0.3) is 0 Å². The van der Waals surface area contributed by atoms with Crippen LogP contribution in [0.3, 0.4) is 0 Å². The molecule has 21 heavy (non-hydrogen) atoms. The Balaban J connectivity index is 1.63. The number of carbonyl (C=O) groups is 1. The van der Waals surface area contributed by atoms with Crippen molar-refractivity contribution in [1.82, 2.24) is 10.2 Å². The quantitative estimate of drug-likeness (QED) is 0.790. The van der Waals surface area contributed by atoms with Gasteiger partial charge >= 0.3 is 0 Å². The van der Waals surface area contributed by atoms with E-state index in [0.29, 0.717) is 6.04 Å². The summed E-state index contributed by atoms with van der Waals surface area (Å²) in [4.78, 5) is 14.2. The number of nitrogens with one attached hydrogen (secondary N) is 1. The molecule has 4 heteroatoms. The minimum Gasteiger partial charge on any atom is -0.379 e. The van der Waals surface area contributed by atoms with Gasteiger partial charge in [-0.25, -0.2) is 0 Å². The van der Waals surface area contributed by atoms with Gasteiger partial charge in [-0.05, 0) is 37.5 Å². The smallest absolute Gasteiger partial charge is 0.243 e. The Morgan fingerprint density at radius 3 is 2.52 bits per heavy atom. The van der Waals surface area contributed by atoms with Crippen LogP contribution in [0.1, 0.15) is 39.5 Å². The van der Waals surface area contributed by atoms with Gasteiger partial charge in [0.15, 0.2) is 0 Å². The van der Waals surface area contributed by atoms with Crippen molar-refractivity contribution in [1.29, 1.82) is 0 Å². The minimum absolute atomic E-state index is 0.0660. The van der Waals surface area contributed by atoms with Gasteiger partial charge in [0, 0.05) is 31.8 Å². The lowest BCUT2D eigenvalue weighted by atomic mass is 9.80. The van der Waals surface area contributed by atoms with Crippen molar-refractivity contribution >= 4 is 5.91 Å². The Morgan fingerprint density at radius 2 is 1.90 bits per heavy atom. The summed E-state index contributed by atoms with van der Waals surface area (Å²) in [6.07, 6.45) is 8.43. The number of nitrogens with zero attached hydrogens (tertiary/aromatic N) is 1. The molecule has 1 saturated heterocycles. The van der Waals surface area contributed by atoms with E-state index in [0.717, 1.165) is 57.5 Å². The number of hydrogen-bond acceptors (Lipinski definition) is 3. The summed E-state index contributed by atoms with van der Waals surface area (Å²) in [5.74, 6) is 1.68. The van der Waals surface area contributed by atoms with Crippen molar-refractivity contribution in [3.05, 3.63) is 12.2 Å². The molecular weight excluding hydrogens is 264 g/mol. The second-order valence-corrected chi connectivity index (χ2v) is 6.68. The highest BCUT2D eigenvalue weighted by Gasteiger charge is 2.23. The first-order valence-electron chi connectivity index (χ1n) is 8.42. The molecule has 0 atom stereocenters. The van der Waals surface area contributed by atoms with Gasteiger partial charge in [-0.3, -0.25) is 9.69 Å². The van der Waals surface area contributed by atoms with Gasteiger partial charge in [-0.2, -0.15) is 0 Å². The molecule has 4 nitrogen and oxygen atoms in total. The average Bonchev–Trinajstić information content (AvgIpc) is 2.49. The number of ether oxygens (including phenoxy) is 1. The van der Waals surface area contributed by atoms with Gasteiger partial charge in [0.1, 0.15) is 0 Å². The molecule has 0 aromatic rings. The van der Waals surface area contributed by atoms with Gasteiger partial charge < -0.3 is 10.1 Å². The maximum absolute atomic E-state index is 11.9. The number of amides is 1. The summed E-state index contributed by atoms with van der Waals surface area (Å²) in [7, 11) is 0. The Hall–Kier alpha value is -0.870.